The molecular formula is C17H18FN7. The molecule has 0 amide bonds. The standard InChI is InChI=1S/C17H18FN7/c1-11-3-4-14(18)16(7-11)25-17(21-22-23-25)10-24-6-5-13-8-19-12(2)20-15(13)9-24/h3-4,7-8H,5-6,9-10H2,1-2H3. The molecule has 1 aliphatic rings. The summed E-state index contributed by atoms with van der Waals surface area (Å²) in [5.41, 5.74) is 3.55. The Morgan fingerprint density at radius 3 is 3.00 bits per heavy atom. The zero-order chi connectivity index (χ0) is 17.4. The van der Waals surface area contributed by atoms with Gasteiger partial charge in [-0.05, 0) is 54.0 Å². The Hall–Kier alpha value is -2.74. The van der Waals surface area contributed by atoms with Crippen LogP contribution in [0.1, 0.15) is 28.5 Å². The van der Waals surface area contributed by atoms with Gasteiger partial charge in [0.25, 0.3) is 0 Å². The molecule has 0 saturated carbocycles. The van der Waals surface area contributed by atoms with E-state index < -0.39 is 0 Å². The van der Waals surface area contributed by atoms with E-state index >= 15 is 0 Å². The van der Waals surface area contributed by atoms with Crippen molar-refractivity contribution in [2.24, 2.45) is 0 Å². The maximum absolute atomic E-state index is 14.2. The fraction of sp³-hybridized carbons (Fsp3) is 0.353. The van der Waals surface area contributed by atoms with Gasteiger partial charge in [0.1, 0.15) is 17.3 Å². The fourth-order valence-corrected chi connectivity index (χ4v) is 3.07. The number of hydrogen-bond donors (Lipinski definition) is 0. The molecule has 0 saturated heterocycles. The van der Waals surface area contributed by atoms with Crippen LogP contribution < -0.4 is 0 Å². The molecule has 0 atom stereocenters. The molecule has 4 rings (SSSR count). The van der Waals surface area contributed by atoms with E-state index in [-0.39, 0.29) is 5.82 Å². The predicted octanol–water partition coefficient (Wildman–Crippen LogP) is 1.77. The number of nitrogens with zero attached hydrogens (tertiary/aromatic N) is 7. The van der Waals surface area contributed by atoms with Gasteiger partial charge in [0.2, 0.25) is 0 Å². The second-order valence-corrected chi connectivity index (χ2v) is 6.31. The molecule has 0 N–H and O–H groups in total. The second-order valence-electron chi connectivity index (χ2n) is 6.31. The molecule has 128 valence electrons. The largest absolute Gasteiger partial charge is 0.290 e. The van der Waals surface area contributed by atoms with Crippen LogP contribution in [0.25, 0.3) is 5.69 Å². The monoisotopic (exact) mass is 339 g/mol. The third-order valence-electron chi connectivity index (χ3n) is 4.37. The SMILES string of the molecule is Cc1ccc(F)c(-n2nnnc2CN2CCc3cnc(C)nc3C2)c1. The molecular weight excluding hydrogens is 321 g/mol. The van der Waals surface area contributed by atoms with E-state index in [0.29, 0.717) is 24.6 Å². The highest BCUT2D eigenvalue weighted by molar-refractivity contribution is 5.36. The number of hydrogen-bond acceptors (Lipinski definition) is 6. The number of aryl methyl sites for hydroxylation is 2. The Balaban J connectivity index is 1.59. The summed E-state index contributed by atoms with van der Waals surface area (Å²) in [6, 6.07) is 4.91. The van der Waals surface area contributed by atoms with E-state index in [1.54, 1.807) is 12.1 Å². The lowest BCUT2D eigenvalue weighted by Gasteiger charge is -2.27. The molecule has 0 fully saturated rings. The van der Waals surface area contributed by atoms with Gasteiger partial charge in [-0.2, -0.15) is 4.68 Å². The molecule has 3 aromatic rings. The zero-order valence-corrected chi connectivity index (χ0v) is 14.1. The third kappa shape index (κ3) is 3.12. The van der Waals surface area contributed by atoms with Gasteiger partial charge >= 0.3 is 0 Å². The molecule has 0 bridgehead atoms. The predicted molar refractivity (Wildman–Crippen MR) is 88.4 cm³/mol. The lowest BCUT2D eigenvalue weighted by atomic mass is 10.1. The first-order valence-electron chi connectivity index (χ1n) is 8.17. The Morgan fingerprint density at radius 2 is 2.12 bits per heavy atom. The van der Waals surface area contributed by atoms with E-state index in [0.717, 1.165) is 30.0 Å². The lowest BCUT2D eigenvalue weighted by Crippen LogP contribution is -2.32. The van der Waals surface area contributed by atoms with Crippen molar-refractivity contribution < 1.29 is 4.39 Å². The van der Waals surface area contributed by atoms with Crippen molar-refractivity contribution in [2.45, 2.75) is 33.4 Å². The quantitative estimate of drug-likeness (QED) is 0.724. The van der Waals surface area contributed by atoms with Crippen LogP contribution in [-0.2, 0) is 19.5 Å². The summed E-state index contributed by atoms with van der Waals surface area (Å²) in [5, 5.41) is 11.8. The van der Waals surface area contributed by atoms with E-state index in [1.807, 2.05) is 20.0 Å². The number of halogens is 1. The maximum atomic E-state index is 14.2. The number of aromatic nitrogens is 6. The maximum Gasteiger partial charge on any atom is 0.170 e. The minimum atomic E-state index is -0.341. The van der Waals surface area contributed by atoms with Gasteiger partial charge in [-0.3, -0.25) is 4.90 Å². The molecule has 1 aliphatic heterocycles. The smallest absolute Gasteiger partial charge is 0.170 e. The summed E-state index contributed by atoms with van der Waals surface area (Å²) in [4.78, 5) is 11.0. The average molecular weight is 339 g/mol. The van der Waals surface area contributed by atoms with Crippen LogP contribution in [-0.4, -0.2) is 41.6 Å². The molecule has 0 unspecified atom stereocenters. The Labute approximate surface area is 144 Å². The van der Waals surface area contributed by atoms with Crippen LogP contribution in [0.2, 0.25) is 0 Å². The minimum absolute atomic E-state index is 0.341. The van der Waals surface area contributed by atoms with Gasteiger partial charge < -0.3 is 0 Å². The lowest BCUT2D eigenvalue weighted by molar-refractivity contribution is 0.233. The third-order valence-corrected chi connectivity index (χ3v) is 4.37. The second kappa shape index (κ2) is 6.29. The van der Waals surface area contributed by atoms with Crippen LogP contribution in [0.5, 0.6) is 0 Å². The van der Waals surface area contributed by atoms with E-state index in [9.17, 15) is 4.39 Å². The summed E-state index contributed by atoms with van der Waals surface area (Å²) < 4.78 is 15.7. The zero-order valence-electron chi connectivity index (χ0n) is 14.1. The van der Waals surface area contributed by atoms with Gasteiger partial charge in [-0.25, -0.2) is 14.4 Å². The summed E-state index contributed by atoms with van der Waals surface area (Å²) in [7, 11) is 0. The minimum Gasteiger partial charge on any atom is -0.290 e. The molecule has 1 aromatic carbocycles. The summed E-state index contributed by atoms with van der Waals surface area (Å²) >= 11 is 0. The molecule has 3 heterocycles. The van der Waals surface area contributed by atoms with Crippen LogP contribution in [0, 0.1) is 19.7 Å². The highest BCUT2D eigenvalue weighted by atomic mass is 19.1. The topological polar surface area (TPSA) is 72.6 Å². The van der Waals surface area contributed by atoms with Crippen LogP contribution in [0.15, 0.2) is 24.4 Å². The van der Waals surface area contributed by atoms with Crippen molar-refractivity contribution >= 4 is 0 Å². The van der Waals surface area contributed by atoms with Crippen molar-refractivity contribution in [1.29, 1.82) is 0 Å². The first-order valence-corrected chi connectivity index (χ1v) is 8.17. The highest BCUT2D eigenvalue weighted by Gasteiger charge is 2.21. The van der Waals surface area contributed by atoms with E-state index in [2.05, 4.69) is 30.4 Å². The molecule has 25 heavy (non-hydrogen) atoms. The fourth-order valence-electron chi connectivity index (χ4n) is 3.07. The average Bonchev–Trinajstić information content (AvgIpc) is 3.04. The van der Waals surface area contributed by atoms with Crippen molar-refractivity contribution in [1.82, 2.24) is 35.1 Å². The Kier molecular flexibility index (Phi) is 3.96. The highest BCUT2D eigenvalue weighted by Crippen LogP contribution is 2.20. The Morgan fingerprint density at radius 1 is 1.24 bits per heavy atom. The summed E-state index contributed by atoms with van der Waals surface area (Å²) in [5.74, 6) is 1.04. The number of fused-ring (bicyclic) bond motifs is 1. The normalized spacial score (nSPS) is 14.5. The number of rotatable bonds is 3. The number of tetrazole rings is 1. The van der Waals surface area contributed by atoms with Crippen molar-refractivity contribution in [3.63, 3.8) is 0 Å². The van der Waals surface area contributed by atoms with Crippen molar-refractivity contribution in [3.05, 3.63) is 58.7 Å². The first-order chi connectivity index (χ1) is 12.1. The van der Waals surface area contributed by atoms with E-state index in [1.165, 1.54) is 16.3 Å². The van der Waals surface area contributed by atoms with E-state index in [4.69, 9.17) is 0 Å². The molecule has 7 nitrogen and oxygen atoms in total. The van der Waals surface area contributed by atoms with Crippen LogP contribution in [0.4, 0.5) is 4.39 Å². The number of benzene rings is 1. The molecule has 0 radical (unpaired) electrons. The summed E-state index contributed by atoms with van der Waals surface area (Å²) in [6.07, 6.45) is 2.79. The summed E-state index contributed by atoms with van der Waals surface area (Å²) in [6.45, 7) is 5.91. The molecule has 2 aromatic heterocycles. The Bertz CT molecular complexity index is 921. The molecule has 0 aliphatic carbocycles. The van der Waals surface area contributed by atoms with Crippen molar-refractivity contribution in [3.8, 4) is 5.69 Å². The molecule has 0 spiro atoms. The first kappa shape index (κ1) is 15.8. The van der Waals surface area contributed by atoms with Gasteiger partial charge in [0.05, 0.1) is 12.2 Å². The van der Waals surface area contributed by atoms with Gasteiger partial charge in [0, 0.05) is 19.3 Å². The molecule has 8 heteroatoms. The van der Waals surface area contributed by atoms with Gasteiger partial charge in [0.15, 0.2) is 5.82 Å². The van der Waals surface area contributed by atoms with Gasteiger partial charge in [-0.1, -0.05) is 6.07 Å². The van der Waals surface area contributed by atoms with Gasteiger partial charge in [-0.15, -0.1) is 5.10 Å². The van der Waals surface area contributed by atoms with Crippen LogP contribution in [0.3, 0.4) is 0 Å². The van der Waals surface area contributed by atoms with Crippen LogP contribution >= 0.6 is 0 Å². The van der Waals surface area contributed by atoms with Crippen molar-refractivity contribution in [2.75, 3.05) is 6.54 Å².